The molecular formula is C65H44N4O. The van der Waals surface area contributed by atoms with Crippen LogP contribution in [0.1, 0.15) is 0 Å². The van der Waals surface area contributed by atoms with Gasteiger partial charge >= 0.3 is 0 Å². The predicted octanol–water partition coefficient (Wildman–Crippen LogP) is 18.0. The van der Waals surface area contributed by atoms with Crippen LogP contribution >= 0.6 is 0 Å². The molecular weight excluding hydrogens is 853 g/mol. The van der Waals surface area contributed by atoms with E-state index in [9.17, 15) is 0 Å². The van der Waals surface area contributed by atoms with Crippen LogP contribution in [0.3, 0.4) is 0 Å². The van der Waals surface area contributed by atoms with Gasteiger partial charge in [0.2, 0.25) is 0 Å². The fraction of sp³-hybridized carbons (Fsp3) is 0. The molecule has 70 heavy (non-hydrogen) atoms. The molecule has 5 heteroatoms. The maximum atomic E-state index is 7.13. The molecule has 0 saturated carbocycles. The summed E-state index contributed by atoms with van der Waals surface area (Å²) in [6.07, 6.45) is 3.72. The summed E-state index contributed by atoms with van der Waals surface area (Å²) >= 11 is 0. The Kier molecular flexibility index (Phi) is 10.1. The lowest BCUT2D eigenvalue weighted by Gasteiger charge is -2.30. The van der Waals surface area contributed by atoms with Crippen molar-refractivity contribution in [3.05, 3.63) is 267 Å². The van der Waals surface area contributed by atoms with Crippen molar-refractivity contribution in [2.24, 2.45) is 0 Å². The topological polar surface area (TPSA) is 37.4 Å². The number of para-hydroxylation sites is 4. The number of hydrogen-bond acceptors (Lipinski definition) is 4. The van der Waals surface area contributed by atoms with Crippen molar-refractivity contribution < 1.29 is 4.42 Å². The quantitative estimate of drug-likeness (QED) is 0.137. The van der Waals surface area contributed by atoms with Crippen molar-refractivity contribution in [3.8, 4) is 39.1 Å². The Balaban J connectivity index is 1.11. The Labute approximate surface area is 406 Å². The number of rotatable bonds is 10. The van der Waals surface area contributed by atoms with E-state index in [-0.39, 0.29) is 0 Å². The second kappa shape index (κ2) is 17.3. The molecule has 0 atom stereocenters. The van der Waals surface area contributed by atoms with E-state index in [1.54, 1.807) is 0 Å². The van der Waals surface area contributed by atoms with Gasteiger partial charge in [-0.3, -0.25) is 4.98 Å². The third-order valence-corrected chi connectivity index (χ3v) is 13.4. The highest BCUT2D eigenvalue weighted by Gasteiger charge is 2.25. The molecule has 0 aliphatic rings. The predicted molar refractivity (Wildman–Crippen MR) is 292 cm³/mol. The molecule has 3 heterocycles. The van der Waals surface area contributed by atoms with Gasteiger partial charge in [0, 0.05) is 73.9 Å². The Morgan fingerprint density at radius 3 is 1.41 bits per heavy atom. The monoisotopic (exact) mass is 896 g/mol. The number of hydrogen-bond donors (Lipinski definition) is 0. The molecule has 0 radical (unpaired) electrons. The first-order valence-electron chi connectivity index (χ1n) is 23.7. The molecule has 13 aromatic rings. The Morgan fingerprint density at radius 2 is 0.814 bits per heavy atom. The minimum atomic E-state index is 0.831. The molecule has 0 amide bonds. The molecule has 13 rings (SSSR count). The van der Waals surface area contributed by atoms with Gasteiger partial charge in [0.15, 0.2) is 0 Å². The van der Waals surface area contributed by atoms with Crippen LogP contribution in [0.5, 0.6) is 0 Å². The van der Waals surface area contributed by atoms with Gasteiger partial charge in [-0.25, -0.2) is 0 Å². The maximum absolute atomic E-state index is 7.13. The van der Waals surface area contributed by atoms with Crippen LogP contribution in [-0.2, 0) is 0 Å². The summed E-state index contributed by atoms with van der Waals surface area (Å²) in [5.41, 5.74) is 17.7. The number of pyridine rings is 1. The average molecular weight is 897 g/mol. The van der Waals surface area contributed by atoms with Crippen molar-refractivity contribution in [1.29, 1.82) is 0 Å². The van der Waals surface area contributed by atoms with Crippen LogP contribution in [0.4, 0.5) is 34.1 Å². The Bertz CT molecular complexity index is 3840. The van der Waals surface area contributed by atoms with Crippen molar-refractivity contribution in [2.75, 3.05) is 9.80 Å². The molecule has 3 aromatic heterocycles. The van der Waals surface area contributed by atoms with Crippen LogP contribution in [0.15, 0.2) is 272 Å². The van der Waals surface area contributed by atoms with Crippen molar-refractivity contribution in [2.45, 2.75) is 0 Å². The maximum Gasteiger partial charge on any atom is 0.145 e. The van der Waals surface area contributed by atoms with E-state index in [0.717, 1.165) is 100 Å². The van der Waals surface area contributed by atoms with Gasteiger partial charge in [-0.2, -0.15) is 0 Å². The van der Waals surface area contributed by atoms with E-state index >= 15 is 0 Å². The Morgan fingerprint density at radius 1 is 0.343 bits per heavy atom. The van der Waals surface area contributed by atoms with Gasteiger partial charge in [-0.1, -0.05) is 158 Å². The number of nitrogens with zero attached hydrogens (tertiary/aromatic N) is 4. The molecule has 330 valence electrons. The molecule has 0 bridgehead atoms. The van der Waals surface area contributed by atoms with E-state index in [2.05, 4.69) is 274 Å². The molecule has 0 N–H and O–H groups in total. The number of furan rings is 1. The second-order valence-corrected chi connectivity index (χ2v) is 17.6. The number of fused-ring (bicyclic) bond motifs is 7. The van der Waals surface area contributed by atoms with Crippen LogP contribution in [-0.4, -0.2) is 9.55 Å². The van der Waals surface area contributed by atoms with Crippen LogP contribution in [0.2, 0.25) is 0 Å². The smallest absolute Gasteiger partial charge is 0.145 e. The molecule has 0 aliphatic carbocycles. The average Bonchev–Trinajstić information content (AvgIpc) is 3.99. The molecule has 0 spiro atoms. The first-order valence-corrected chi connectivity index (χ1v) is 23.7. The van der Waals surface area contributed by atoms with Crippen molar-refractivity contribution in [3.63, 3.8) is 0 Å². The van der Waals surface area contributed by atoms with Gasteiger partial charge in [0.1, 0.15) is 11.2 Å². The van der Waals surface area contributed by atoms with Crippen molar-refractivity contribution in [1.82, 2.24) is 9.55 Å². The van der Waals surface area contributed by atoms with E-state index in [0.29, 0.717) is 0 Å². The fourth-order valence-corrected chi connectivity index (χ4v) is 10.2. The summed E-state index contributed by atoms with van der Waals surface area (Å²) in [6.45, 7) is 0. The summed E-state index contributed by atoms with van der Waals surface area (Å²) in [4.78, 5) is 9.14. The normalized spacial score (nSPS) is 11.4. The zero-order valence-corrected chi connectivity index (χ0v) is 38.1. The first-order chi connectivity index (χ1) is 34.7. The summed E-state index contributed by atoms with van der Waals surface area (Å²) in [5.74, 6) is 0. The lowest BCUT2D eigenvalue weighted by atomic mass is 9.96. The second-order valence-electron chi connectivity index (χ2n) is 17.6. The van der Waals surface area contributed by atoms with Crippen LogP contribution in [0, 0.1) is 0 Å². The molecule has 0 aliphatic heterocycles. The lowest BCUT2D eigenvalue weighted by molar-refractivity contribution is 0.670. The van der Waals surface area contributed by atoms with Gasteiger partial charge < -0.3 is 18.8 Å². The van der Waals surface area contributed by atoms with Gasteiger partial charge in [0.05, 0.1) is 16.4 Å². The van der Waals surface area contributed by atoms with E-state index in [1.807, 2.05) is 12.4 Å². The standard InChI is InChI=1S/C65H44N4O/c1-5-17-45(18-6-1)47-29-33-52(34-30-47)68(53-35-31-48(32-36-53)46-19-7-2-8-20-46)56-42-49(41-55(43-56)67(50-21-9-3-10-22-50)54-37-39-66-40-38-54)59-44-60-57-25-13-15-27-61(57)69(51-23-11-4-12-24-51)64(60)63-58-26-14-16-28-62(58)70-65(59)63/h1-44H. The third-order valence-electron chi connectivity index (χ3n) is 13.4. The van der Waals surface area contributed by atoms with Crippen LogP contribution in [0.25, 0.3) is 82.8 Å². The zero-order valence-electron chi connectivity index (χ0n) is 38.1. The van der Waals surface area contributed by atoms with E-state index in [1.165, 1.54) is 16.5 Å². The SMILES string of the molecule is c1ccc(-c2ccc(N(c3ccc(-c4ccccc4)cc3)c3cc(-c4cc5c6ccccc6n(-c6ccccc6)c5c5c4oc4ccccc45)cc(N(c4ccccc4)c4ccncc4)c3)cc2)cc1. The fourth-order valence-electron chi connectivity index (χ4n) is 10.2. The largest absolute Gasteiger partial charge is 0.455 e. The highest BCUT2D eigenvalue weighted by molar-refractivity contribution is 6.27. The van der Waals surface area contributed by atoms with Gasteiger partial charge in [-0.15, -0.1) is 0 Å². The van der Waals surface area contributed by atoms with Gasteiger partial charge in [0.25, 0.3) is 0 Å². The van der Waals surface area contributed by atoms with Gasteiger partial charge in [-0.05, 0) is 125 Å². The summed E-state index contributed by atoms with van der Waals surface area (Å²) in [6, 6.07) is 90.9. The zero-order chi connectivity index (χ0) is 46.4. The molecule has 0 fully saturated rings. The highest BCUT2D eigenvalue weighted by Crippen LogP contribution is 2.49. The van der Waals surface area contributed by atoms with E-state index in [4.69, 9.17) is 4.42 Å². The number of aromatic nitrogens is 2. The lowest BCUT2D eigenvalue weighted by Crippen LogP contribution is -2.13. The number of benzene rings is 10. The molecule has 0 unspecified atom stereocenters. The summed E-state index contributed by atoms with van der Waals surface area (Å²) < 4.78 is 9.54. The van der Waals surface area contributed by atoms with E-state index < -0.39 is 0 Å². The first kappa shape index (κ1) is 40.8. The summed E-state index contributed by atoms with van der Waals surface area (Å²) in [7, 11) is 0. The summed E-state index contributed by atoms with van der Waals surface area (Å²) in [5, 5.41) is 4.47. The molecule has 10 aromatic carbocycles. The minimum absolute atomic E-state index is 0.831. The molecule has 0 saturated heterocycles. The highest BCUT2D eigenvalue weighted by atomic mass is 16.3. The number of anilines is 6. The third kappa shape index (κ3) is 7.16. The molecule has 5 nitrogen and oxygen atoms in total. The minimum Gasteiger partial charge on any atom is -0.455 e. The van der Waals surface area contributed by atoms with Crippen LogP contribution < -0.4 is 9.80 Å². The van der Waals surface area contributed by atoms with Crippen molar-refractivity contribution >= 4 is 77.9 Å². The Hall–Kier alpha value is -9.45.